The van der Waals surface area contributed by atoms with Gasteiger partial charge in [-0.25, -0.2) is 0 Å². The third kappa shape index (κ3) is 3.58. The fourth-order valence-corrected chi connectivity index (χ4v) is 3.57. The Kier molecular flexibility index (Phi) is 4.65. The topological polar surface area (TPSA) is 43.4 Å². The molecule has 1 saturated carbocycles. The van der Waals surface area contributed by atoms with E-state index in [0.717, 1.165) is 25.5 Å². The van der Waals surface area contributed by atoms with Gasteiger partial charge in [0.1, 0.15) is 0 Å². The third-order valence-corrected chi connectivity index (χ3v) is 4.92. The zero-order chi connectivity index (χ0) is 14.1. The van der Waals surface area contributed by atoms with Crippen molar-refractivity contribution in [3.63, 3.8) is 0 Å². The van der Waals surface area contributed by atoms with E-state index in [0.29, 0.717) is 5.92 Å². The molecule has 0 spiro atoms. The molecule has 1 rings (SSSR count). The van der Waals surface area contributed by atoms with Crippen LogP contribution in [0.1, 0.15) is 53.9 Å². The molecule has 0 heterocycles. The Morgan fingerprint density at radius 1 is 1.39 bits per heavy atom. The standard InChI is InChI=1S/C14H26O3S/c1-10(2)13-9-12(17-18(6,15)16)7-8-14(13,5)11(3)4/h11-12H,7-9H2,1-6H3/t12-,14-/m1/s1. The molecule has 0 radical (unpaired) electrons. The fraction of sp³-hybridized carbons (Fsp3) is 0.857. The molecule has 0 bridgehead atoms. The van der Waals surface area contributed by atoms with E-state index in [9.17, 15) is 8.42 Å². The van der Waals surface area contributed by atoms with Crippen LogP contribution in [0.15, 0.2) is 11.1 Å². The Hall–Kier alpha value is -0.350. The molecule has 1 fully saturated rings. The smallest absolute Gasteiger partial charge is 0.264 e. The third-order valence-electron chi connectivity index (χ3n) is 4.30. The number of hydrogen-bond donors (Lipinski definition) is 0. The average molecular weight is 274 g/mol. The molecule has 0 saturated heterocycles. The van der Waals surface area contributed by atoms with E-state index in [1.165, 1.54) is 11.1 Å². The van der Waals surface area contributed by atoms with Gasteiger partial charge in [0, 0.05) is 0 Å². The van der Waals surface area contributed by atoms with Crippen molar-refractivity contribution >= 4 is 10.1 Å². The van der Waals surface area contributed by atoms with Crippen molar-refractivity contribution < 1.29 is 12.6 Å². The van der Waals surface area contributed by atoms with Crippen molar-refractivity contribution in [3.05, 3.63) is 11.1 Å². The summed E-state index contributed by atoms with van der Waals surface area (Å²) in [4.78, 5) is 0. The second kappa shape index (κ2) is 5.33. The van der Waals surface area contributed by atoms with Crippen LogP contribution in [-0.4, -0.2) is 20.8 Å². The van der Waals surface area contributed by atoms with Gasteiger partial charge in [0.25, 0.3) is 10.1 Å². The van der Waals surface area contributed by atoms with Crippen LogP contribution in [0.4, 0.5) is 0 Å². The lowest BCUT2D eigenvalue weighted by Crippen LogP contribution is -2.36. The summed E-state index contributed by atoms with van der Waals surface area (Å²) < 4.78 is 27.6. The maximum absolute atomic E-state index is 11.2. The van der Waals surface area contributed by atoms with E-state index in [-0.39, 0.29) is 11.5 Å². The van der Waals surface area contributed by atoms with E-state index < -0.39 is 10.1 Å². The van der Waals surface area contributed by atoms with Crippen molar-refractivity contribution in [2.75, 3.05) is 6.26 Å². The second-order valence-corrected chi connectivity index (χ2v) is 7.82. The molecule has 0 aromatic carbocycles. The summed E-state index contributed by atoms with van der Waals surface area (Å²) in [5.74, 6) is 0.557. The van der Waals surface area contributed by atoms with Gasteiger partial charge < -0.3 is 0 Å². The molecule has 0 aliphatic heterocycles. The minimum Gasteiger partial charge on any atom is -0.267 e. The van der Waals surface area contributed by atoms with Crippen molar-refractivity contribution in [3.8, 4) is 0 Å². The molecule has 1 aliphatic rings. The van der Waals surface area contributed by atoms with Gasteiger partial charge in [0.2, 0.25) is 0 Å². The van der Waals surface area contributed by atoms with Crippen LogP contribution in [0.3, 0.4) is 0 Å². The van der Waals surface area contributed by atoms with Crippen LogP contribution in [0.25, 0.3) is 0 Å². The molecule has 3 nitrogen and oxygen atoms in total. The van der Waals surface area contributed by atoms with Crippen molar-refractivity contribution in [1.29, 1.82) is 0 Å². The molecule has 106 valence electrons. The molecule has 0 aromatic heterocycles. The molecule has 0 N–H and O–H groups in total. The van der Waals surface area contributed by atoms with Gasteiger partial charge in [-0.05, 0) is 44.4 Å². The van der Waals surface area contributed by atoms with Gasteiger partial charge in [0.15, 0.2) is 0 Å². The van der Waals surface area contributed by atoms with E-state index in [2.05, 4.69) is 34.6 Å². The predicted octanol–water partition coefficient (Wildman–Crippen LogP) is 3.51. The first-order valence-electron chi connectivity index (χ1n) is 6.61. The molecule has 0 aromatic rings. The SMILES string of the molecule is CC(C)=C1C[C@H](OS(C)(=O)=O)CC[C@]1(C)C(C)C. The Balaban J connectivity index is 2.96. The van der Waals surface area contributed by atoms with E-state index in [1.54, 1.807) is 0 Å². The molecular weight excluding hydrogens is 248 g/mol. The molecule has 0 unspecified atom stereocenters. The van der Waals surface area contributed by atoms with Crippen molar-refractivity contribution in [1.82, 2.24) is 0 Å². The normalized spacial score (nSPS) is 29.7. The van der Waals surface area contributed by atoms with Crippen molar-refractivity contribution in [2.24, 2.45) is 11.3 Å². The Labute approximate surface area is 112 Å². The molecule has 0 amide bonds. The second-order valence-electron chi connectivity index (χ2n) is 6.22. The summed E-state index contributed by atoms with van der Waals surface area (Å²) in [6.07, 6.45) is 3.50. The maximum atomic E-state index is 11.2. The van der Waals surface area contributed by atoms with Crippen LogP contribution < -0.4 is 0 Å². The summed E-state index contributed by atoms with van der Waals surface area (Å²) in [5.41, 5.74) is 2.85. The van der Waals surface area contributed by atoms with Gasteiger partial charge in [-0.2, -0.15) is 8.42 Å². The van der Waals surface area contributed by atoms with Gasteiger partial charge >= 0.3 is 0 Å². The number of hydrogen-bond acceptors (Lipinski definition) is 3. The number of allylic oxidation sites excluding steroid dienone is 1. The lowest BCUT2D eigenvalue weighted by molar-refractivity contribution is 0.113. The maximum Gasteiger partial charge on any atom is 0.264 e. The summed E-state index contributed by atoms with van der Waals surface area (Å²) in [6.45, 7) is 11.0. The van der Waals surface area contributed by atoms with E-state index >= 15 is 0 Å². The molecule has 18 heavy (non-hydrogen) atoms. The zero-order valence-electron chi connectivity index (χ0n) is 12.4. The summed E-state index contributed by atoms with van der Waals surface area (Å²) in [6, 6.07) is 0. The fourth-order valence-electron chi connectivity index (χ4n) is 2.92. The lowest BCUT2D eigenvalue weighted by atomic mass is 9.63. The first kappa shape index (κ1) is 15.7. The van der Waals surface area contributed by atoms with Gasteiger partial charge in [-0.15, -0.1) is 0 Å². The quantitative estimate of drug-likeness (QED) is 0.584. The molecular formula is C14H26O3S. The Morgan fingerprint density at radius 2 is 1.94 bits per heavy atom. The minimum absolute atomic E-state index is 0.177. The lowest BCUT2D eigenvalue weighted by Gasteiger charge is -2.43. The van der Waals surface area contributed by atoms with Crippen molar-refractivity contribution in [2.45, 2.75) is 60.0 Å². The van der Waals surface area contributed by atoms with Crippen LogP contribution in [0.5, 0.6) is 0 Å². The van der Waals surface area contributed by atoms with Gasteiger partial charge in [0.05, 0.1) is 12.4 Å². The molecule has 4 heteroatoms. The summed E-state index contributed by atoms with van der Waals surface area (Å²) in [5, 5.41) is 0. The van der Waals surface area contributed by atoms with Crippen LogP contribution in [0, 0.1) is 11.3 Å². The highest BCUT2D eigenvalue weighted by Crippen LogP contribution is 2.48. The van der Waals surface area contributed by atoms with E-state index in [4.69, 9.17) is 4.18 Å². The Bertz CT molecular complexity index is 430. The minimum atomic E-state index is -3.35. The van der Waals surface area contributed by atoms with Gasteiger partial charge in [-0.3, -0.25) is 4.18 Å². The highest BCUT2D eigenvalue weighted by Gasteiger charge is 2.39. The highest BCUT2D eigenvalue weighted by atomic mass is 32.2. The van der Waals surface area contributed by atoms with Gasteiger partial charge in [-0.1, -0.05) is 31.9 Å². The first-order valence-corrected chi connectivity index (χ1v) is 8.43. The largest absolute Gasteiger partial charge is 0.267 e. The summed E-state index contributed by atoms with van der Waals surface area (Å²) in [7, 11) is -3.35. The van der Waals surface area contributed by atoms with E-state index in [1.807, 2.05) is 0 Å². The molecule has 1 aliphatic carbocycles. The first-order chi connectivity index (χ1) is 8.06. The summed E-state index contributed by atoms with van der Waals surface area (Å²) >= 11 is 0. The van der Waals surface area contributed by atoms with Crippen LogP contribution in [-0.2, 0) is 14.3 Å². The zero-order valence-corrected chi connectivity index (χ0v) is 13.2. The molecule has 2 atom stereocenters. The highest BCUT2D eigenvalue weighted by molar-refractivity contribution is 7.86. The van der Waals surface area contributed by atoms with Crippen LogP contribution >= 0.6 is 0 Å². The Morgan fingerprint density at radius 3 is 2.33 bits per heavy atom. The average Bonchev–Trinajstić information content (AvgIpc) is 2.18. The van der Waals surface area contributed by atoms with Crippen LogP contribution in [0.2, 0.25) is 0 Å². The number of rotatable bonds is 3. The predicted molar refractivity (Wildman–Crippen MR) is 74.9 cm³/mol. The monoisotopic (exact) mass is 274 g/mol.